The van der Waals surface area contributed by atoms with E-state index in [9.17, 15) is 0 Å². The van der Waals surface area contributed by atoms with E-state index >= 15 is 0 Å². The molecular formula is C13H18N2. The van der Waals surface area contributed by atoms with E-state index in [1.54, 1.807) is 0 Å². The summed E-state index contributed by atoms with van der Waals surface area (Å²) in [4.78, 5) is 0. The Kier molecular flexibility index (Phi) is 2.26. The van der Waals surface area contributed by atoms with Crippen LogP contribution in [0.2, 0.25) is 0 Å². The number of hydrogen-bond acceptors (Lipinski definition) is 2. The fourth-order valence-electron chi connectivity index (χ4n) is 3.20. The van der Waals surface area contributed by atoms with Gasteiger partial charge < -0.3 is 0 Å². The van der Waals surface area contributed by atoms with E-state index in [-0.39, 0.29) is 0 Å². The van der Waals surface area contributed by atoms with Crippen molar-refractivity contribution >= 4 is 0 Å². The summed E-state index contributed by atoms with van der Waals surface area (Å²) < 4.78 is 0. The molecule has 0 amide bonds. The zero-order chi connectivity index (χ0) is 10.3. The van der Waals surface area contributed by atoms with Gasteiger partial charge in [0.25, 0.3) is 0 Å². The number of hydrazine groups is 1. The van der Waals surface area contributed by atoms with Gasteiger partial charge >= 0.3 is 0 Å². The second-order valence-corrected chi connectivity index (χ2v) is 5.04. The molecule has 3 unspecified atom stereocenters. The molecule has 0 aromatic heterocycles. The fraction of sp³-hybridized carbons (Fsp3) is 0.538. The molecule has 0 spiro atoms. The highest BCUT2D eigenvalue weighted by molar-refractivity contribution is 5.20. The van der Waals surface area contributed by atoms with Crippen molar-refractivity contribution in [3.8, 4) is 0 Å². The Morgan fingerprint density at radius 1 is 1.07 bits per heavy atom. The molecule has 0 bridgehead atoms. The molecule has 0 aliphatic heterocycles. The molecule has 2 nitrogen and oxygen atoms in total. The molecule has 15 heavy (non-hydrogen) atoms. The smallest absolute Gasteiger partial charge is 0.0488 e. The topological polar surface area (TPSA) is 38.0 Å². The van der Waals surface area contributed by atoms with Crippen molar-refractivity contribution in [3.63, 3.8) is 0 Å². The first-order valence-corrected chi connectivity index (χ1v) is 5.89. The standard InChI is InChI=1S/C13H18N2/c14-15-13(9-4-2-1-3-5-9)12-7-10-6-11(10)8-12/h1-5,10-13,15H,6-8,14H2. The summed E-state index contributed by atoms with van der Waals surface area (Å²) in [6, 6.07) is 11.0. The quantitative estimate of drug-likeness (QED) is 0.582. The Labute approximate surface area is 90.8 Å². The highest BCUT2D eigenvalue weighted by Gasteiger charge is 2.47. The molecule has 3 rings (SSSR count). The van der Waals surface area contributed by atoms with Gasteiger partial charge in [0, 0.05) is 6.04 Å². The number of nitrogens with one attached hydrogen (secondary N) is 1. The first kappa shape index (κ1) is 9.37. The van der Waals surface area contributed by atoms with Gasteiger partial charge in [0.15, 0.2) is 0 Å². The third-order valence-corrected chi connectivity index (χ3v) is 4.09. The summed E-state index contributed by atoms with van der Waals surface area (Å²) >= 11 is 0. The van der Waals surface area contributed by atoms with E-state index < -0.39 is 0 Å². The van der Waals surface area contributed by atoms with Gasteiger partial charge in [0.05, 0.1) is 0 Å². The third kappa shape index (κ3) is 1.68. The summed E-state index contributed by atoms with van der Waals surface area (Å²) in [6.07, 6.45) is 4.21. The minimum absolute atomic E-state index is 0.360. The molecule has 80 valence electrons. The van der Waals surface area contributed by atoms with Gasteiger partial charge in [-0.1, -0.05) is 30.3 Å². The highest BCUT2D eigenvalue weighted by Crippen LogP contribution is 2.56. The van der Waals surface area contributed by atoms with Crippen LogP contribution < -0.4 is 11.3 Å². The van der Waals surface area contributed by atoms with Crippen molar-refractivity contribution in [2.75, 3.05) is 0 Å². The Morgan fingerprint density at radius 3 is 2.33 bits per heavy atom. The van der Waals surface area contributed by atoms with Crippen molar-refractivity contribution in [1.82, 2.24) is 5.43 Å². The minimum atomic E-state index is 0.360. The molecule has 2 fully saturated rings. The third-order valence-electron chi connectivity index (χ3n) is 4.09. The van der Waals surface area contributed by atoms with Crippen molar-refractivity contribution in [1.29, 1.82) is 0 Å². The molecule has 2 heteroatoms. The second kappa shape index (κ2) is 3.62. The number of fused-ring (bicyclic) bond motifs is 1. The van der Waals surface area contributed by atoms with Gasteiger partial charge in [-0.15, -0.1) is 0 Å². The van der Waals surface area contributed by atoms with E-state index in [4.69, 9.17) is 5.84 Å². The van der Waals surface area contributed by atoms with Crippen LogP contribution in [0.3, 0.4) is 0 Å². The molecule has 1 aromatic carbocycles. The maximum atomic E-state index is 5.69. The second-order valence-electron chi connectivity index (χ2n) is 5.04. The molecule has 2 aliphatic carbocycles. The summed E-state index contributed by atoms with van der Waals surface area (Å²) in [6.45, 7) is 0. The predicted molar refractivity (Wildman–Crippen MR) is 60.8 cm³/mol. The van der Waals surface area contributed by atoms with Gasteiger partial charge in [-0.2, -0.15) is 0 Å². The monoisotopic (exact) mass is 202 g/mol. The molecule has 2 saturated carbocycles. The van der Waals surface area contributed by atoms with Gasteiger partial charge in [-0.05, 0) is 42.6 Å². The van der Waals surface area contributed by atoms with Crippen LogP contribution in [0, 0.1) is 17.8 Å². The van der Waals surface area contributed by atoms with Crippen LogP contribution in [-0.2, 0) is 0 Å². The highest BCUT2D eigenvalue weighted by atomic mass is 15.2. The fourth-order valence-corrected chi connectivity index (χ4v) is 3.20. The number of benzene rings is 1. The van der Waals surface area contributed by atoms with Crippen LogP contribution in [0.5, 0.6) is 0 Å². The van der Waals surface area contributed by atoms with Crippen LogP contribution >= 0.6 is 0 Å². The van der Waals surface area contributed by atoms with Gasteiger partial charge in [0.2, 0.25) is 0 Å². The lowest BCUT2D eigenvalue weighted by Gasteiger charge is -2.24. The molecule has 0 heterocycles. The van der Waals surface area contributed by atoms with E-state index in [0.29, 0.717) is 6.04 Å². The average molecular weight is 202 g/mol. The maximum Gasteiger partial charge on any atom is 0.0488 e. The van der Waals surface area contributed by atoms with Crippen molar-refractivity contribution in [3.05, 3.63) is 35.9 Å². The molecule has 0 saturated heterocycles. The maximum absolute atomic E-state index is 5.69. The van der Waals surface area contributed by atoms with Crippen LogP contribution in [0.1, 0.15) is 30.9 Å². The Bertz CT molecular complexity index is 326. The van der Waals surface area contributed by atoms with E-state index in [1.807, 2.05) is 0 Å². The molecule has 3 atom stereocenters. The van der Waals surface area contributed by atoms with Crippen LogP contribution in [0.25, 0.3) is 0 Å². The molecule has 2 aliphatic rings. The predicted octanol–water partition coefficient (Wildman–Crippen LogP) is 2.24. The van der Waals surface area contributed by atoms with Gasteiger partial charge in [-0.25, -0.2) is 0 Å². The Hall–Kier alpha value is -0.860. The minimum Gasteiger partial charge on any atom is -0.271 e. The van der Waals surface area contributed by atoms with Crippen molar-refractivity contribution in [2.24, 2.45) is 23.6 Å². The summed E-state index contributed by atoms with van der Waals surface area (Å²) in [7, 11) is 0. The normalized spacial score (nSPS) is 34.9. The largest absolute Gasteiger partial charge is 0.271 e. The lowest BCUT2D eigenvalue weighted by atomic mass is 9.90. The Balaban J connectivity index is 1.76. The summed E-state index contributed by atoms with van der Waals surface area (Å²) in [5.74, 6) is 8.49. The lowest BCUT2D eigenvalue weighted by Crippen LogP contribution is -2.33. The number of hydrogen-bond donors (Lipinski definition) is 2. The van der Waals surface area contributed by atoms with Gasteiger partial charge in [0.1, 0.15) is 0 Å². The molecule has 0 radical (unpaired) electrons. The zero-order valence-electron chi connectivity index (χ0n) is 8.89. The molecule has 3 N–H and O–H groups in total. The first-order chi connectivity index (χ1) is 7.38. The molecule has 1 aromatic rings. The van der Waals surface area contributed by atoms with Crippen LogP contribution in [0.15, 0.2) is 30.3 Å². The van der Waals surface area contributed by atoms with E-state index in [1.165, 1.54) is 24.8 Å². The van der Waals surface area contributed by atoms with Crippen molar-refractivity contribution in [2.45, 2.75) is 25.3 Å². The van der Waals surface area contributed by atoms with Crippen LogP contribution in [-0.4, -0.2) is 0 Å². The zero-order valence-corrected chi connectivity index (χ0v) is 8.89. The number of rotatable bonds is 3. The summed E-state index contributed by atoms with van der Waals surface area (Å²) in [5, 5.41) is 0. The first-order valence-electron chi connectivity index (χ1n) is 5.89. The Morgan fingerprint density at radius 2 is 1.73 bits per heavy atom. The van der Waals surface area contributed by atoms with Gasteiger partial charge in [-0.3, -0.25) is 11.3 Å². The van der Waals surface area contributed by atoms with Crippen LogP contribution in [0.4, 0.5) is 0 Å². The van der Waals surface area contributed by atoms with E-state index in [0.717, 1.165) is 17.8 Å². The SMILES string of the molecule is NNC(c1ccccc1)C1CC2CC2C1. The number of nitrogens with two attached hydrogens (primary N) is 1. The summed E-state index contributed by atoms with van der Waals surface area (Å²) in [5.41, 5.74) is 4.34. The molecular weight excluding hydrogens is 184 g/mol. The van der Waals surface area contributed by atoms with Crippen molar-refractivity contribution < 1.29 is 0 Å². The lowest BCUT2D eigenvalue weighted by molar-refractivity contribution is 0.345. The van der Waals surface area contributed by atoms with E-state index in [2.05, 4.69) is 35.8 Å². The average Bonchev–Trinajstić information content (AvgIpc) is 2.89.